The summed E-state index contributed by atoms with van der Waals surface area (Å²) in [5.41, 5.74) is 7.62. The highest BCUT2D eigenvalue weighted by Crippen LogP contribution is 2.49. The fourth-order valence-corrected chi connectivity index (χ4v) is 2.39. The van der Waals surface area contributed by atoms with E-state index in [1.807, 2.05) is 18.2 Å². The van der Waals surface area contributed by atoms with Crippen LogP contribution in [0.1, 0.15) is 28.3 Å². The van der Waals surface area contributed by atoms with Crippen LogP contribution in [-0.4, -0.2) is 15.6 Å². The normalized spacial score (nSPS) is 21.8. The fourth-order valence-electron chi connectivity index (χ4n) is 2.39. The Balaban J connectivity index is 1.79. The maximum absolute atomic E-state index is 12.3. The number of rotatable bonds is 3. The minimum atomic E-state index is 0.0684. The smallest absolute Gasteiger partial charge is 0.171 e. The number of hydrogen-bond acceptors (Lipinski definition) is 3. The van der Waals surface area contributed by atoms with Crippen molar-refractivity contribution in [1.82, 2.24) is 9.78 Å². The Morgan fingerprint density at radius 1 is 1.39 bits per heavy atom. The zero-order chi connectivity index (χ0) is 12.7. The van der Waals surface area contributed by atoms with Gasteiger partial charge in [0.05, 0.1) is 11.8 Å². The molecule has 2 N–H and O–H groups in total. The van der Waals surface area contributed by atoms with Crippen LogP contribution < -0.4 is 5.73 Å². The largest absolute Gasteiger partial charge is 0.383 e. The number of nitrogens with zero attached hydrogens (tertiary/aromatic N) is 2. The van der Waals surface area contributed by atoms with E-state index in [9.17, 15) is 4.79 Å². The average molecular weight is 241 g/mol. The predicted molar refractivity (Wildman–Crippen MR) is 69.2 cm³/mol. The summed E-state index contributed by atoms with van der Waals surface area (Å²) in [7, 11) is 1.74. The molecule has 18 heavy (non-hydrogen) atoms. The molecule has 1 aliphatic carbocycles. The van der Waals surface area contributed by atoms with Gasteiger partial charge in [-0.05, 0) is 17.9 Å². The van der Waals surface area contributed by atoms with Gasteiger partial charge < -0.3 is 5.73 Å². The van der Waals surface area contributed by atoms with E-state index in [1.54, 1.807) is 13.2 Å². The van der Waals surface area contributed by atoms with Crippen LogP contribution in [-0.2, 0) is 7.05 Å². The Morgan fingerprint density at radius 3 is 2.72 bits per heavy atom. The summed E-state index contributed by atoms with van der Waals surface area (Å²) < 4.78 is 1.53. The zero-order valence-electron chi connectivity index (χ0n) is 10.2. The van der Waals surface area contributed by atoms with Gasteiger partial charge in [0.15, 0.2) is 5.78 Å². The van der Waals surface area contributed by atoms with Crippen LogP contribution in [0.5, 0.6) is 0 Å². The van der Waals surface area contributed by atoms with Crippen LogP contribution in [0, 0.1) is 5.92 Å². The van der Waals surface area contributed by atoms with Crippen molar-refractivity contribution in [2.24, 2.45) is 13.0 Å². The molecule has 0 radical (unpaired) electrons. The number of aryl methyl sites for hydroxylation is 1. The van der Waals surface area contributed by atoms with Gasteiger partial charge in [-0.25, -0.2) is 0 Å². The van der Waals surface area contributed by atoms with Crippen molar-refractivity contribution in [3.63, 3.8) is 0 Å². The van der Waals surface area contributed by atoms with Gasteiger partial charge in [0.1, 0.15) is 5.82 Å². The van der Waals surface area contributed by atoms with Crippen molar-refractivity contribution in [3.8, 4) is 0 Å². The highest BCUT2D eigenvalue weighted by Gasteiger charge is 2.44. The van der Waals surface area contributed by atoms with Gasteiger partial charge in [0, 0.05) is 13.0 Å². The second-order valence-corrected chi connectivity index (χ2v) is 4.79. The molecule has 2 aromatic rings. The average Bonchev–Trinajstić information content (AvgIpc) is 3.13. The lowest BCUT2D eigenvalue weighted by atomic mass is 10.0. The number of nitrogens with two attached hydrogens (primary N) is 1. The van der Waals surface area contributed by atoms with Crippen molar-refractivity contribution < 1.29 is 4.79 Å². The molecule has 92 valence electrons. The second kappa shape index (κ2) is 3.98. The number of benzene rings is 1. The first-order valence-corrected chi connectivity index (χ1v) is 6.05. The Kier molecular flexibility index (Phi) is 2.44. The number of anilines is 1. The number of Topliss-reactive ketones (excluding diaryl/α,β-unsaturated/α-hetero) is 1. The molecule has 0 bridgehead atoms. The molecule has 1 aromatic heterocycles. The molecule has 1 aromatic carbocycles. The summed E-state index contributed by atoms with van der Waals surface area (Å²) >= 11 is 0. The van der Waals surface area contributed by atoms with Gasteiger partial charge in [-0.1, -0.05) is 30.3 Å². The van der Waals surface area contributed by atoms with E-state index in [0.717, 1.165) is 6.42 Å². The molecule has 0 spiro atoms. The number of aromatic nitrogens is 2. The number of carbonyl (C=O) groups excluding carboxylic acids is 1. The SMILES string of the molecule is Cn1ncc(C(=O)C2CC2c2ccccc2)c1N. The zero-order valence-corrected chi connectivity index (χ0v) is 10.2. The van der Waals surface area contributed by atoms with Gasteiger partial charge in [0.25, 0.3) is 0 Å². The number of ketones is 1. The molecule has 4 nitrogen and oxygen atoms in total. The lowest BCUT2D eigenvalue weighted by Gasteiger charge is -2.00. The molecule has 4 heteroatoms. The summed E-state index contributed by atoms with van der Waals surface area (Å²) in [5, 5.41) is 4.02. The van der Waals surface area contributed by atoms with Gasteiger partial charge >= 0.3 is 0 Å². The molecular formula is C14H15N3O. The number of hydrogen-bond donors (Lipinski definition) is 1. The van der Waals surface area contributed by atoms with Crippen LogP contribution >= 0.6 is 0 Å². The monoisotopic (exact) mass is 241 g/mol. The third-order valence-electron chi connectivity index (χ3n) is 3.61. The minimum absolute atomic E-state index is 0.0684. The van der Waals surface area contributed by atoms with Gasteiger partial charge in [-0.2, -0.15) is 5.10 Å². The molecule has 0 amide bonds. The van der Waals surface area contributed by atoms with Crippen molar-refractivity contribution in [2.45, 2.75) is 12.3 Å². The van der Waals surface area contributed by atoms with E-state index < -0.39 is 0 Å². The molecule has 0 aliphatic heterocycles. The van der Waals surface area contributed by atoms with Gasteiger partial charge in [-0.3, -0.25) is 9.48 Å². The van der Waals surface area contributed by atoms with Crippen LogP contribution in [0.25, 0.3) is 0 Å². The molecule has 0 saturated heterocycles. The van der Waals surface area contributed by atoms with Gasteiger partial charge in [-0.15, -0.1) is 0 Å². The third kappa shape index (κ3) is 1.70. The molecule has 1 saturated carbocycles. The summed E-state index contributed by atoms with van der Waals surface area (Å²) in [6, 6.07) is 10.2. The number of nitrogen functional groups attached to an aromatic ring is 1. The summed E-state index contributed by atoms with van der Waals surface area (Å²) in [4.78, 5) is 12.3. The quantitative estimate of drug-likeness (QED) is 0.836. The van der Waals surface area contributed by atoms with Crippen LogP contribution in [0.3, 0.4) is 0 Å². The van der Waals surface area contributed by atoms with E-state index in [-0.39, 0.29) is 11.7 Å². The Morgan fingerprint density at radius 2 is 2.11 bits per heavy atom. The highest BCUT2D eigenvalue weighted by atomic mass is 16.1. The Bertz CT molecular complexity index is 588. The summed E-state index contributed by atoms with van der Waals surface area (Å²) in [5.74, 6) is 0.991. The topological polar surface area (TPSA) is 60.9 Å². The van der Waals surface area contributed by atoms with E-state index in [4.69, 9.17) is 5.73 Å². The third-order valence-corrected chi connectivity index (χ3v) is 3.61. The van der Waals surface area contributed by atoms with Crippen molar-refractivity contribution in [2.75, 3.05) is 5.73 Å². The summed E-state index contributed by atoms with van der Waals surface area (Å²) in [6.45, 7) is 0. The maximum Gasteiger partial charge on any atom is 0.171 e. The molecule has 2 atom stereocenters. The lowest BCUT2D eigenvalue weighted by molar-refractivity contribution is 0.0966. The molecule has 1 fully saturated rings. The van der Waals surface area contributed by atoms with Crippen molar-refractivity contribution >= 4 is 11.6 Å². The standard InChI is InChI=1S/C14H15N3O/c1-17-14(15)12(8-16-17)13(18)11-7-10(11)9-5-3-2-4-6-9/h2-6,8,10-11H,7,15H2,1H3. The van der Waals surface area contributed by atoms with Crippen LogP contribution in [0.4, 0.5) is 5.82 Å². The first kappa shape index (κ1) is 11.0. The summed E-state index contributed by atoms with van der Waals surface area (Å²) in [6.07, 6.45) is 2.48. The molecular weight excluding hydrogens is 226 g/mol. The number of carbonyl (C=O) groups is 1. The maximum atomic E-state index is 12.3. The van der Waals surface area contributed by atoms with Crippen LogP contribution in [0.15, 0.2) is 36.5 Å². The van der Waals surface area contributed by atoms with Crippen molar-refractivity contribution in [3.05, 3.63) is 47.7 Å². The van der Waals surface area contributed by atoms with E-state index in [0.29, 0.717) is 17.3 Å². The van der Waals surface area contributed by atoms with E-state index in [1.165, 1.54) is 10.2 Å². The minimum Gasteiger partial charge on any atom is -0.383 e. The highest BCUT2D eigenvalue weighted by molar-refractivity contribution is 6.03. The van der Waals surface area contributed by atoms with Crippen molar-refractivity contribution in [1.29, 1.82) is 0 Å². The van der Waals surface area contributed by atoms with Gasteiger partial charge in [0.2, 0.25) is 0 Å². The molecule has 3 rings (SSSR count). The first-order chi connectivity index (χ1) is 8.68. The predicted octanol–water partition coefficient (Wildman–Crippen LogP) is 1.99. The Labute approximate surface area is 105 Å². The lowest BCUT2D eigenvalue weighted by Crippen LogP contribution is -2.07. The second-order valence-electron chi connectivity index (χ2n) is 4.79. The molecule has 1 heterocycles. The fraction of sp³-hybridized carbons (Fsp3) is 0.286. The Hall–Kier alpha value is -2.10. The van der Waals surface area contributed by atoms with E-state index in [2.05, 4.69) is 17.2 Å². The van der Waals surface area contributed by atoms with Crippen LogP contribution in [0.2, 0.25) is 0 Å². The van der Waals surface area contributed by atoms with E-state index >= 15 is 0 Å². The first-order valence-electron chi connectivity index (χ1n) is 6.05. The molecule has 2 unspecified atom stereocenters. The molecule has 1 aliphatic rings.